The molecule has 10 heteroatoms. The molecule has 2 aromatic carbocycles. The summed E-state index contributed by atoms with van der Waals surface area (Å²) in [7, 11) is -4.26. The number of anilines is 2. The van der Waals surface area contributed by atoms with Crippen LogP contribution in [0.2, 0.25) is 5.02 Å². The Kier molecular flexibility index (Phi) is 5.35. The van der Waals surface area contributed by atoms with Crippen molar-refractivity contribution in [3.05, 3.63) is 92.1 Å². The second kappa shape index (κ2) is 7.82. The number of hydrogen-bond acceptors (Lipinski definition) is 5. The maximum Gasteiger partial charge on any atom is 0.270 e. The van der Waals surface area contributed by atoms with E-state index in [1.807, 2.05) is 0 Å². The average molecular weight is 467 g/mol. The van der Waals surface area contributed by atoms with Crippen LogP contribution in [0, 0.1) is 11.6 Å². The van der Waals surface area contributed by atoms with Crippen LogP contribution in [0.4, 0.5) is 20.2 Å². The minimum Gasteiger partial charge on any atom is -0.358 e. The van der Waals surface area contributed by atoms with Crippen LogP contribution in [-0.4, -0.2) is 14.2 Å². The molecule has 0 fully saturated rings. The highest BCUT2D eigenvalue weighted by Gasteiger charge is 2.41. The van der Waals surface area contributed by atoms with Gasteiger partial charge in [-0.05, 0) is 41.3 Å². The van der Waals surface area contributed by atoms with Crippen LogP contribution >= 0.6 is 22.9 Å². The predicted octanol–water partition coefficient (Wildman–Crippen LogP) is 5.17. The van der Waals surface area contributed by atoms with Gasteiger partial charge in [-0.3, -0.25) is 9.10 Å². The average Bonchev–Trinajstić information content (AvgIpc) is 3.18. The van der Waals surface area contributed by atoms with Crippen molar-refractivity contribution in [2.24, 2.45) is 0 Å². The number of fused-ring (bicyclic) bond motifs is 1. The third kappa shape index (κ3) is 3.71. The van der Waals surface area contributed by atoms with Crippen LogP contribution in [0.5, 0.6) is 0 Å². The molecule has 3 aromatic rings. The van der Waals surface area contributed by atoms with Crippen molar-refractivity contribution >= 4 is 50.1 Å². The lowest BCUT2D eigenvalue weighted by Crippen LogP contribution is -2.38. The summed E-state index contributed by atoms with van der Waals surface area (Å²) in [4.78, 5) is 12.5. The third-order valence-corrected chi connectivity index (χ3v) is 7.36. The molecule has 154 valence electrons. The fourth-order valence-corrected chi connectivity index (χ4v) is 5.57. The van der Waals surface area contributed by atoms with Crippen LogP contribution in [0.15, 0.2) is 65.0 Å². The molecule has 0 atom stereocenters. The maximum atomic E-state index is 13.9. The third-order valence-electron chi connectivity index (χ3n) is 4.44. The number of thiophene rings is 1. The molecule has 1 aromatic heterocycles. The van der Waals surface area contributed by atoms with E-state index in [2.05, 4.69) is 5.32 Å². The van der Waals surface area contributed by atoms with Crippen LogP contribution in [0.3, 0.4) is 0 Å². The highest BCUT2D eigenvalue weighted by atomic mass is 35.5. The van der Waals surface area contributed by atoms with Crippen molar-refractivity contribution < 1.29 is 22.0 Å². The summed E-state index contributed by atoms with van der Waals surface area (Å²) in [6.45, 7) is -0.0256. The minimum absolute atomic E-state index is 0.0256. The maximum absolute atomic E-state index is 13.9. The zero-order valence-electron chi connectivity index (χ0n) is 15.1. The van der Waals surface area contributed by atoms with Crippen molar-refractivity contribution in [2.45, 2.75) is 6.54 Å². The van der Waals surface area contributed by atoms with Gasteiger partial charge in [-0.1, -0.05) is 23.7 Å². The molecule has 2 heterocycles. The van der Waals surface area contributed by atoms with Crippen molar-refractivity contribution in [1.82, 2.24) is 0 Å². The fourth-order valence-electron chi connectivity index (χ4n) is 2.96. The van der Waals surface area contributed by atoms with E-state index in [1.165, 1.54) is 0 Å². The Balaban J connectivity index is 1.75. The summed E-state index contributed by atoms with van der Waals surface area (Å²) in [5, 5.41) is 4.54. The van der Waals surface area contributed by atoms with E-state index < -0.39 is 32.3 Å². The molecule has 0 amide bonds. The van der Waals surface area contributed by atoms with Gasteiger partial charge >= 0.3 is 0 Å². The minimum atomic E-state index is -4.26. The first kappa shape index (κ1) is 20.5. The Bertz CT molecular complexity index is 1270. The number of ketones is 1. The van der Waals surface area contributed by atoms with Crippen LogP contribution in [0.1, 0.15) is 15.2 Å². The highest BCUT2D eigenvalue weighted by Crippen LogP contribution is 2.39. The van der Waals surface area contributed by atoms with Gasteiger partial charge in [0, 0.05) is 17.3 Å². The number of nitrogens with zero attached hydrogens (tertiary/aromatic N) is 1. The van der Waals surface area contributed by atoms with Gasteiger partial charge in [0.15, 0.2) is 4.91 Å². The summed E-state index contributed by atoms with van der Waals surface area (Å²) in [6.07, 6.45) is 0.896. The van der Waals surface area contributed by atoms with Crippen LogP contribution in [-0.2, 0) is 16.6 Å². The molecule has 1 aliphatic heterocycles. The quantitative estimate of drug-likeness (QED) is 0.539. The number of carbonyl (C=O) groups is 1. The first-order valence-electron chi connectivity index (χ1n) is 8.58. The van der Waals surface area contributed by atoms with Gasteiger partial charge in [0.05, 0.1) is 17.9 Å². The van der Waals surface area contributed by atoms with Crippen molar-refractivity contribution in [2.75, 3.05) is 9.62 Å². The molecule has 1 aliphatic rings. The van der Waals surface area contributed by atoms with Crippen molar-refractivity contribution in [1.29, 1.82) is 0 Å². The van der Waals surface area contributed by atoms with E-state index in [0.717, 1.165) is 40.0 Å². The zero-order chi connectivity index (χ0) is 21.5. The van der Waals surface area contributed by atoms with Crippen LogP contribution < -0.4 is 9.62 Å². The van der Waals surface area contributed by atoms with Crippen molar-refractivity contribution in [3.63, 3.8) is 0 Å². The SMILES string of the molecule is O=C1/C(=C/Nc2cc(F)ccc2F)S(=O)(=O)N(Cc2ccc(Cl)cc2)c2ccsc21. The summed E-state index contributed by atoms with van der Waals surface area (Å²) >= 11 is 6.99. The zero-order valence-corrected chi connectivity index (χ0v) is 17.5. The number of carbonyl (C=O) groups excluding carboxylic acids is 1. The molecule has 0 spiro atoms. The molecule has 0 aliphatic carbocycles. The number of allylic oxidation sites excluding steroid dienone is 1. The van der Waals surface area contributed by atoms with Gasteiger partial charge in [-0.2, -0.15) is 0 Å². The summed E-state index contributed by atoms with van der Waals surface area (Å²) in [6, 6.07) is 10.9. The van der Waals surface area contributed by atoms with Crippen LogP contribution in [0.25, 0.3) is 0 Å². The largest absolute Gasteiger partial charge is 0.358 e. The van der Waals surface area contributed by atoms with E-state index in [1.54, 1.807) is 35.7 Å². The number of halogens is 3. The molecule has 0 unspecified atom stereocenters. The predicted molar refractivity (Wildman–Crippen MR) is 113 cm³/mol. The van der Waals surface area contributed by atoms with Gasteiger partial charge < -0.3 is 5.32 Å². The number of Topliss-reactive ketones (excluding diaryl/α,β-unsaturated/α-hetero) is 1. The van der Waals surface area contributed by atoms with Gasteiger partial charge in [0.1, 0.15) is 16.5 Å². The molecular formula is C20H13ClF2N2O3S2. The molecule has 4 rings (SSSR count). The first-order chi connectivity index (χ1) is 14.3. The summed E-state index contributed by atoms with van der Waals surface area (Å²) < 4.78 is 54.9. The van der Waals surface area contributed by atoms with E-state index >= 15 is 0 Å². The number of benzene rings is 2. The molecule has 30 heavy (non-hydrogen) atoms. The topological polar surface area (TPSA) is 66.5 Å². The van der Waals surface area contributed by atoms with Gasteiger partial charge in [-0.25, -0.2) is 17.2 Å². The lowest BCUT2D eigenvalue weighted by atomic mass is 10.2. The molecule has 5 nitrogen and oxygen atoms in total. The Labute approximate surface area is 180 Å². The van der Waals surface area contributed by atoms with E-state index in [0.29, 0.717) is 10.6 Å². The molecule has 0 radical (unpaired) electrons. The molecular weight excluding hydrogens is 454 g/mol. The second-order valence-corrected chi connectivity index (χ2v) is 9.56. The number of hydrogen-bond donors (Lipinski definition) is 1. The standard InChI is InChI=1S/C20H13ClF2N2O3S2/c21-13-3-1-12(2-4-13)11-25-17-7-8-29-20(17)19(26)18(30(25,27)28)10-24-16-9-14(22)5-6-15(16)23/h1-10,24H,11H2/b18-10-. The highest BCUT2D eigenvalue weighted by molar-refractivity contribution is 7.97. The monoisotopic (exact) mass is 466 g/mol. The van der Waals surface area contributed by atoms with E-state index in [4.69, 9.17) is 11.6 Å². The molecule has 0 saturated heterocycles. The molecule has 0 saturated carbocycles. The Hall–Kier alpha value is -2.75. The normalized spacial score (nSPS) is 16.6. The molecule has 0 bridgehead atoms. The molecule has 1 N–H and O–H groups in total. The summed E-state index contributed by atoms with van der Waals surface area (Å²) in [5.74, 6) is -2.21. The summed E-state index contributed by atoms with van der Waals surface area (Å²) in [5.41, 5.74) is 0.652. The first-order valence-corrected chi connectivity index (χ1v) is 11.3. The van der Waals surface area contributed by atoms with E-state index in [9.17, 15) is 22.0 Å². The fraction of sp³-hybridized carbons (Fsp3) is 0.0500. The van der Waals surface area contributed by atoms with Crippen molar-refractivity contribution in [3.8, 4) is 0 Å². The van der Waals surface area contributed by atoms with Gasteiger partial charge in [-0.15, -0.1) is 11.3 Å². The van der Waals surface area contributed by atoms with Gasteiger partial charge in [0.25, 0.3) is 10.0 Å². The van der Waals surface area contributed by atoms with Gasteiger partial charge in [0.2, 0.25) is 5.78 Å². The Morgan fingerprint density at radius 1 is 1.10 bits per heavy atom. The number of rotatable bonds is 4. The lowest BCUT2D eigenvalue weighted by molar-refractivity contribution is 0.104. The Morgan fingerprint density at radius 2 is 1.83 bits per heavy atom. The number of nitrogens with one attached hydrogen (secondary N) is 1. The number of sulfonamides is 1. The Morgan fingerprint density at radius 3 is 2.57 bits per heavy atom. The lowest BCUT2D eigenvalue weighted by Gasteiger charge is -2.29. The van der Waals surface area contributed by atoms with E-state index in [-0.39, 0.29) is 22.8 Å². The second-order valence-electron chi connectivity index (χ2n) is 6.38. The smallest absolute Gasteiger partial charge is 0.270 e.